The summed E-state index contributed by atoms with van der Waals surface area (Å²) in [5, 5.41) is 2.74. The number of carbonyl (C=O) groups excluding carboxylic acids is 1. The predicted octanol–water partition coefficient (Wildman–Crippen LogP) is 2.32. The summed E-state index contributed by atoms with van der Waals surface area (Å²) < 4.78 is 40.3. The number of benzene rings is 2. The van der Waals surface area contributed by atoms with E-state index in [0.29, 0.717) is 5.69 Å². The van der Waals surface area contributed by atoms with E-state index >= 15 is 0 Å². The summed E-state index contributed by atoms with van der Waals surface area (Å²) in [5.74, 6) is -0.823. The van der Waals surface area contributed by atoms with Gasteiger partial charge in [0.1, 0.15) is 12.4 Å². The van der Waals surface area contributed by atoms with Crippen LogP contribution in [-0.2, 0) is 15.0 Å². The van der Waals surface area contributed by atoms with Crippen molar-refractivity contribution in [3.8, 4) is 0 Å². The lowest BCUT2D eigenvalue weighted by Crippen LogP contribution is -2.46. The Morgan fingerprint density at radius 3 is 2.19 bits per heavy atom. The van der Waals surface area contributed by atoms with Gasteiger partial charge in [-0.15, -0.1) is 0 Å². The molecular weight excluding hydrogens is 357 g/mol. The molecule has 1 atom stereocenters. The zero-order chi connectivity index (χ0) is 19.3. The Morgan fingerprint density at radius 2 is 1.65 bits per heavy atom. The van der Waals surface area contributed by atoms with E-state index in [9.17, 15) is 17.6 Å². The maximum atomic E-state index is 13.0. The first-order valence-corrected chi connectivity index (χ1v) is 9.41. The van der Waals surface area contributed by atoms with E-state index in [4.69, 9.17) is 0 Å². The van der Waals surface area contributed by atoms with Crippen molar-refractivity contribution in [2.24, 2.45) is 0 Å². The Bertz CT molecular complexity index is 840. The standard InChI is InChI=1S/C18H22FN3O3S/c1-14(15-9-11-16(19)12-10-15)20-18(23)13-22(26(24,25)21(2)3)17-7-5-4-6-8-17/h4-12,14H,13H2,1-3H3,(H,20,23)/t14-/m0/s1. The minimum atomic E-state index is -3.84. The number of rotatable bonds is 7. The van der Waals surface area contributed by atoms with E-state index < -0.39 is 16.1 Å². The highest BCUT2D eigenvalue weighted by atomic mass is 32.2. The minimum Gasteiger partial charge on any atom is -0.348 e. The summed E-state index contributed by atoms with van der Waals surface area (Å²) >= 11 is 0. The predicted molar refractivity (Wildman–Crippen MR) is 99.4 cm³/mol. The summed E-state index contributed by atoms with van der Waals surface area (Å²) in [7, 11) is -1.02. The first-order valence-electron chi connectivity index (χ1n) is 8.02. The lowest BCUT2D eigenvalue weighted by atomic mass is 10.1. The zero-order valence-corrected chi connectivity index (χ0v) is 15.7. The first-order chi connectivity index (χ1) is 12.2. The molecule has 0 heterocycles. The third-order valence-electron chi connectivity index (χ3n) is 3.82. The maximum absolute atomic E-state index is 13.0. The second kappa shape index (κ2) is 8.29. The fraction of sp³-hybridized carbons (Fsp3) is 0.278. The fourth-order valence-corrected chi connectivity index (χ4v) is 3.41. The Kier molecular flexibility index (Phi) is 6.33. The Balaban J connectivity index is 2.17. The smallest absolute Gasteiger partial charge is 0.304 e. The third-order valence-corrected chi connectivity index (χ3v) is 5.64. The normalized spacial score (nSPS) is 12.7. The largest absolute Gasteiger partial charge is 0.348 e. The van der Waals surface area contributed by atoms with Crippen molar-refractivity contribution in [1.29, 1.82) is 0 Å². The van der Waals surface area contributed by atoms with Gasteiger partial charge in [0.2, 0.25) is 5.91 Å². The average Bonchev–Trinajstić information content (AvgIpc) is 2.60. The molecule has 0 saturated carbocycles. The van der Waals surface area contributed by atoms with Crippen LogP contribution in [0.3, 0.4) is 0 Å². The molecule has 8 heteroatoms. The van der Waals surface area contributed by atoms with Gasteiger partial charge in [0, 0.05) is 14.1 Å². The number of carbonyl (C=O) groups is 1. The van der Waals surface area contributed by atoms with E-state index in [2.05, 4.69) is 5.32 Å². The number of hydrogen-bond acceptors (Lipinski definition) is 3. The summed E-state index contributed by atoms with van der Waals surface area (Å²) in [4.78, 5) is 12.4. The number of nitrogens with one attached hydrogen (secondary N) is 1. The summed E-state index contributed by atoms with van der Waals surface area (Å²) in [5.41, 5.74) is 1.12. The molecule has 0 bridgehead atoms. The molecule has 6 nitrogen and oxygen atoms in total. The van der Waals surface area contributed by atoms with Crippen LogP contribution >= 0.6 is 0 Å². The fourth-order valence-electron chi connectivity index (χ4n) is 2.35. The molecule has 0 aliphatic rings. The van der Waals surface area contributed by atoms with Crippen LogP contribution in [0.25, 0.3) is 0 Å². The molecule has 0 aliphatic carbocycles. The van der Waals surface area contributed by atoms with Crippen LogP contribution in [0, 0.1) is 5.82 Å². The van der Waals surface area contributed by atoms with Crippen LogP contribution in [0.2, 0.25) is 0 Å². The summed E-state index contributed by atoms with van der Waals surface area (Å²) in [6.45, 7) is 1.38. The Hall–Kier alpha value is -2.45. The Labute approximate surface area is 153 Å². The highest BCUT2D eigenvalue weighted by Gasteiger charge is 2.27. The highest BCUT2D eigenvalue weighted by molar-refractivity contribution is 7.90. The van der Waals surface area contributed by atoms with E-state index in [0.717, 1.165) is 14.2 Å². The van der Waals surface area contributed by atoms with E-state index in [1.807, 2.05) is 0 Å². The van der Waals surface area contributed by atoms with Gasteiger partial charge in [-0.2, -0.15) is 12.7 Å². The number of halogens is 1. The van der Waals surface area contributed by atoms with E-state index in [-0.39, 0.29) is 18.4 Å². The molecule has 0 unspecified atom stereocenters. The SMILES string of the molecule is C[C@H](NC(=O)CN(c1ccccc1)S(=O)(=O)N(C)C)c1ccc(F)cc1. The molecule has 0 saturated heterocycles. The van der Waals surface area contributed by atoms with Gasteiger partial charge in [0.05, 0.1) is 11.7 Å². The number of amides is 1. The van der Waals surface area contributed by atoms with Crippen LogP contribution in [0.1, 0.15) is 18.5 Å². The van der Waals surface area contributed by atoms with Gasteiger partial charge < -0.3 is 5.32 Å². The molecule has 0 radical (unpaired) electrons. The molecule has 0 aromatic heterocycles. The van der Waals surface area contributed by atoms with Gasteiger partial charge in [-0.3, -0.25) is 4.79 Å². The molecule has 1 N–H and O–H groups in total. The quantitative estimate of drug-likeness (QED) is 0.803. The molecule has 2 aromatic rings. The second-order valence-electron chi connectivity index (χ2n) is 5.97. The maximum Gasteiger partial charge on any atom is 0.304 e. The van der Waals surface area contributed by atoms with Gasteiger partial charge in [-0.05, 0) is 36.8 Å². The first kappa shape index (κ1) is 19.9. The molecule has 0 aliphatic heterocycles. The number of anilines is 1. The van der Waals surface area contributed by atoms with Gasteiger partial charge >= 0.3 is 10.2 Å². The number of hydrogen-bond donors (Lipinski definition) is 1. The van der Waals surface area contributed by atoms with Crippen LogP contribution in [0.15, 0.2) is 54.6 Å². The molecule has 2 rings (SSSR count). The third kappa shape index (κ3) is 4.80. The second-order valence-corrected chi connectivity index (χ2v) is 8.04. The molecule has 2 aromatic carbocycles. The highest BCUT2D eigenvalue weighted by Crippen LogP contribution is 2.19. The summed E-state index contributed by atoms with van der Waals surface area (Å²) in [6.07, 6.45) is 0. The Morgan fingerprint density at radius 1 is 1.08 bits per heavy atom. The number of nitrogens with zero attached hydrogens (tertiary/aromatic N) is 2. The topological polar surface area (TPSA) is 69.7 Å². The number of para-hydroxylation sites is 1. The van der Waals surface area contributed by atoms with Crippen molar-refractivity contribution >= 4 is 21.8 Å². The van der Waals surface area contributed by atoms with Crippen molar-refractivity contribution < 1.29 is 17.6 Å². The monoisotopic (exact) mass is 379 g/mol. The molecule has 0 spiro atoms. The summed E-state index contributed by atoms with van der Waals surface area (Å²) in [6, 6.07) is 13.8. The van der Waals surface area contributed by atoms with Gasteiger partial charge in [-0.25, -0.2) is 8.70 Å². The van der Waals surface area contributed by atoms with E-state index in [1.54, 1.807) is 49.4 Å². The average molecular weight is 379 g/mol. The van der Waals surface area contributed by atoms with Crippen LogP contribution in [0.5, 0.6) is 0 Å². The zero-order valence-electron chi connectivity index (χ0n) is 14.9. The molecule has 0 fully saturated rings. The van der Waals surface area contributed by atoms with Crippen LogP contribution in [-0.4, -0.2) is 39.3 Å². The van der Waals surface area contributed by atoms with Crippen molar-refractivity contribution in [3.05, 3.63) is 66.0 Å². The molecule has 140 valence electrons. The van der Waals surface area contributed by atoms with Gasteiger partial charge in [0.15, 0.2) is 0 Å². The lowest BCUT2D eigenvalue weighted by Gasteiger charge is -2.27. The van der Waals surface area contributed by atoms with Crippen LogP contribution < -0.4 is 9.62 Å². The lowest BCUT2D eigenvalue weighted by molar-refractivity contribution is -0.120. The molecular formula is C18H22FN3O3S. The van der Waals surface area contributed by atoms with E-state index in [1.165, 1.54) is 26.2 Å². The van der Waals surface area contributed by atoms with Crippen molar-refractivity contribution in [2.45, 2.75) is 13.0 Å². The molecule has 1 amide bonds. The van der Waals surface area contributed by atoms with Crippen molar-refractivity contribution in [1.82, 2.24) is 9.62 Å². The van der Waals surface area contributed by atoms with Crippen molar-refractivity contribution in [2.75, 3.05) is 24.9 Å². The van der Waals surface area contributed by atoms with Crippen molar-refractivity contribution in [3.63, 3.8) is 0 Å². The van der Waals surface area contributed by atoms with Gasteiger partial charge in [-0.1, -0.05) is 30.3 Å². The van der Waals surface area contributed by atoms with Gasteiger partial charge in [0.25, 0.3) is 0 Å². The van der Waals surface area contributed by atoms with Crippen LogP contribution in [0.4, 0.5) is 10.1 Å². The minimum absolute atomic E-state index is 0.361. The molecule has 26 heavy (non-hydrogen) atoms.